The monoisotopic (exact) mass is 428 g/mol. The van der Waals surface area contributed by atoms with E-state index in [2.05, 4.69) is 47.0 Å². The summed E-state index contributed by atoms with van der Waals surface area (Å²) in [5, 5.41) is 0.0390. The Labute approximate surface area is 177 Å². The van der Waals surface area contributed by atoms with Gasteiger partial charge in [-0.1, -0.05) is 32.9 Å². The van der Waals surface area contributed by atoms with Crippen molar-refractivity contribution >= 4 is 8.32 Å². The van der Waals surface area contributed by atoms with Gasteiger partial charge in [-0.3, -0.25) is 0 Å². The fraction of sp³-hybridized carbons (Fsp3) is 0.818. The molecule has 0 spiro atoms. The molecule has 0 radical (unpaired) electrons. The first-order chi connectivity index (χ1) is 13.4. The molecule has 2 rings (SSSR count). The summed E-state index contributed by atoms with van der Waals surface area (Å²) in [4.78, 5) is 0. The van der Waals surface area contributed by atoms with Crippen LogP contribution < -0.4 is 0 Å². The van der Waals surface area contributed by atoms with E-state index in [4.69, 9.17) is 28.1 Å². The normalized spacial score (nSPS) is 32.0. The Balaban J connectivity index is 2.25. The molecule has 0 amide bonds. The minimum atomic E-state index is -2.11. The molecule has 2 fully saturated rings. The van der Waals surface area contributed by atoms with Crippen LogP contribution >= 0.6 is 0 Å². The molecule has 0 bridgehead atoms. The van der Waals surface area contributed by atoms with Gasteiger partial charge >= 0.3 is 0 Å². The van der Waals surface area contributed by atoms with Crippen molar-refractivity contribution in [1.29, 1.82) is 0 Å². The first-order valence-electron chi connectivity index (χ1n) is 10.6. The van der Waals surface area contributed by atoms with Gasteiger partial charge in [-0.15, -0.1) is 13.2 Å². The molecule has 0 N–H and O–H groups in total. The topological polar surface area (TPSA) is 55.4 Å². The van der Waals surface area contributed by atoms with Crippen LogP contribution in [-0.2, 0) is 28.1 Å². The van der Waals surface area contributed by atoms with Crippen molar-refractivity contribution < 1.29 is 28.1 Å². The number of hydrogen-bond donors (Lipinski definition) is 0. The third-order valence-corrected chi connectivity index (χ3v) is 10.2. The van der Waals surface area contributed by atoms with Gasteiger partial charge in [0, 0.05) is 0 Å². The maximum absolute atomic E-state index is 6.60. The summed E-state index contributed by atoms with van der Waals surface area (Å²) < 4.78 is 37.4. The summed E-state index contributed by atoms with van der Waals surface area (Å²) in [5.74, 6) is -0.749. The molecule has 7 heteroatoms. The van der Waals surface area contributed by atoms with Gasteiger partial charge < -0.3 is 28.1 Å². The van der Waals surface area contributed by atoms with Crippen molar-refractivity contribution in [3.8, 4) is 0 Å². The van der Waals surface area contributed by atoms with Gasteiger partial charge in [0.1, 0.15) is 18.3 Å². The summed E-state index contributed by atoms with van der Waals surface area (Å²) >= 11 is 0. The number of allylic oxidation sites excluding steroid dienone is 1. The Morgan fingerprint density at radius 1 is 1.00 bits per heavy atom. The molecule has 29 heavy (non-hydrogen) atoms. The molecule has 0 aromatic rings. The number of ether oxygens (including phenoxy) is 5. The molecule has 1 unspecified atom stereocenters. The summed E-state index contributed by atoms with van der Waals surface area (Å²) in [6, 6.07) is 0. The summed E-state index contributed by atoms with van der Waals surface area (Å²) in [7, 11) is -2.11. The molecule has 5 atom stereocenters. The molecule has 2 aliphatic heterocycles. The minimum Gasteiger partial charge on any atom is -0.390 e. The van der Waals surface area contributed by atoms with Crippen molar-refractivity contribution in [1.82, 2.24) is 0 Å². The summed E-state index contributed by atoms with van der Waals surface area (Å²) in [5.41, 5.74) is 0. The number of unbranched alkanes of at least 4 members (excludes halogenated alkanes) is 1. The lowest BCUT2D eigenvalue weighted by Gasteiger charge is -2.46. The highest BCUT2D eigenvalue weighted by Gasteiger charge is 2.58. The van der Waals surface area contributed by atoms with Gasteiger partial charge in [-0.2, -0.15) is 0 Å². The second-order valence-corrected chi connectivity index (χ2v) is 14.5. The molecule has 6 nitrogen and oxygen atoms in total. The van der Waals surface area contributed by atoms with Crippen LogP contribution in [0.15, 0.2) is 25.3 Å². The van der Waals surface area contributed by atoms with Crippen molar-refractivity contribution in [2.45, 2.75) is 102 Å². The fourth-order valence-electron chi connectivity index (χ4n) is 3.20. The zero-order chi connectivity index (χ0) is 21.9. The van der Waals surface area contributed by atoms with E-state index in [-0.39, 0.29) is 17.2 Å². The van der Waals surface area contributed by atoms with E-state index < -0.39 is 32.8 Å². The largest absolute Gasteiger partial charge is 0.390 e. The highest BCUT2D eigenvalue weighted by Crippen LogP contribution is 2.43. The summed E-state index contributed by atoms with van der Waals surface area (Å²) in [6.45, 7) is 23.2. The van der Waals surface area contributed by atoms with E-state index >= 15 is 0 Å². The first-order valence-corrected chi connectivity index (χ1v) is 13.5. The van der Waals surface area contributed by atoms with E-state index in [9.17, 15) is 0 Å². The second-order valence-electron chi connectivity index (χ2n) is 9.70. The average molecular weight is 429 g/mol. The molecule has 168 valence electrons. The fourth-order valence-corrected chi connectivity index (χ4v) is 4.32. The molecule has 2 aliphatic rings. The zero-order valence-electron chi connectivity index (χ0n) is 19.2. The quantitative estimate of drug-likeness (QED) is 0.284. The van der Waals surface area contributed by atoms with Crippen LogP contribution in [0.5, 0.6) is 0 Å². The lowest BCUT2D eigenvalue weighted by atomic mass is 10.0. The molecule has 2 heterocycles. The van der Waals surface area contributed by atoms with E-state index in [0.717, 1.165) is 12.8 Å². The van der Waals surface area contributed by atoms with Crippen molar-refractivity contribution in [3.05, 3.63) is 25.3 Å². The Hall–Kier alpha value is -0.543. The lowest BCUT2D eigenvalue weighted by Crippen LogP contribution is -2.61. The lowest BCUT2D eigenvalue weighted by molar-refractivity contribution is -0.323. The van der Waals surface area contributed by atoms with E-state index in [1.807, 2.05) is 19.9 Å². The van der Waals surface area contributed by atoms with Crippen LogP contribution in [0, 0.1) is 0 Å². The number of hydrogen-bond acceptors (Lipinski definition) is 6. The van der Waals surface area contributed by atoms with Gasteiger partial charge in [0.15, 0.2) is 26.7 Å². The van der Waals surface area contributed by atoms with Crippen LogP contribution in [0.4, 0.5) is 0 Å². The standard InChI is InChI=1S/C22H40O6Si/c1-10-12-13-15-24-19-17(23-14-11-2)16-18(27-22(6,7)26-16)20(25-19)28-29(8,9)21(3,4)5/h10-11,16-20H,1-2,12-15H2,3-9H3/t16-,17-,18-,19?,20-/m1/s1. The van der Waals surface area contributed by atoms with Crippen molar-refractivity contribution in [3.63, 3.8) is 0 Å². The molecular formula is C22H40O6Si. The minimum absolute atomic E-state index is 0.0390. The third-order valence-electron chi connectivity index (χ3n) is 5.75. The van der Waals surface area contributed by atoms with Gasteiger partial charge in [0.2, 0.25) is 0 Å². The van der Waals surface area contributed by atoms with Crippen molar-refractivity contribution in [2.75, 3.05) is 13.2 Å². The maximum Gasteiger partial charge on any atom is 0.195 e. The second kappa shape index (κ2) is 9.72. The van der Waals surface area contributed by atoms with E-state index in [0.29, 0.717) is 13.2 Å². The van der Waals surface area contributed by atoms with Crippen LogP contribution in [0.25, 0.3) is 0 Å². The molecule has 0 aromatic heterocycles. The van der Waals surface area contributed by atoms with E-state index in [1.54, 1.807) is 6.08 Å². The Morgan fingerprint density at radius 3 is 2.24 bits per heavy atom. The van der Waals surface area contributed by atoms with Crippen molar-refractivity contribution in [2.24, 2.45) is 0 Å². The Morgan fingerprint density at radius 2 is 1.66 bits per heavy atom. The number of rotatable bonds is 10. The number of fused-ring (bicyclic) bond motifs is 1. The molecule has 0 aliphatic carbocycles. The highest BCUT2D eigenvalue weighted by molar-refractivity contribution is 6.74. The van der Waals surface area contributed by atoms with E-state index in [1.165, 1.54) is 0 Å². The first kappa shape index (κ1) is 24.7. The van der Waals surface area contributed by atoms with Crippen LogP contribution in [0.1, 0.15) is 47.5 Å². The predicted octanol–water partition coefficient (Wildman–Crippen LogP) is 4.76. The predicted molar refractivity (Wildman–Crippen MR) is 116 cm³/mol. The average Bonchev–Trinajstić information content (AvgIpc) is 2.92. The van der Waals surface area contributed by atoms with Gasteiger partial charge in [0.05, 0.1) is 13.2 Å². The van der Waals surface area contributed by atoms with Gasteiger partial charge in [0.25, 0.3) is 0 Å². The SMILES string of the molecule is C=CCCCOC1O[C@H](O[Si](C)(C)C(C)(C)C)[C@@H]2OC(C)(C)O[C@@H]2[C@H]1OCC=C. The Kier molecular flexibility index (Phi) is 8.29. The zero-order valence-corrected chi connectivity index (χ0v) is 20.2. The van der Waals surface area contributed by atoms with Gasteiger partial charge in [-0.05, 0) is 44.8 Å². The molecule has 0 aromatic carbocycles. The van der Waals surface area contributed by atoms with Crippen LogP contribution in [0.3, 0.4) is 0 Å². The Bertz CT molecular complexity index is 556. The highest BCUT2D eigenvalue weighted by atomic mass is 28.4. The summed E-state index contributed by atoms with van der Waals surface area (Å²) in [6.07, 6.45) is 3.00. The smallest absolute Gasteiger partial charge is 0.195 e. The third kappa shape index (κ3) is 6.23. The van der Waals surface area contributed by atoms with Crippen LogP contribution in [-0.4, -0.2) is 58.2 Å². The maximum atomic E-state index is 6.60. The van der Waals surface area contributed by atoms with Crippen LogP contribution in [0.2, 0.25) is 18.1 Å². The molecule has 2 saturated heterocycles. The van der Waals surface area contributed by atoms with Gasteiger partial charge in [-0.25, -0.2) is 0 Å². The molecular weight excluding hydrogens is 388 g/mol. The molecule has 0 saturated carbocycles.